The smallest absolute Gasteiger partial charge is 0.267 e. The van der Waals surface area contributed by atoms with Gasteiger partial charge in [0.1, 0.15) is 4.83 Å². The number of rotatable bonds is 5. The lowest BCUT2D eigenvalue weighted by Crippen LogP contribution is -2.32. The highest BCUT2D eigenvalue weighted by molar-refractivity contribution is 7.99. The van der Waals surface area contributed by atoms with Gasteiger partial charge in [-0.2, -0.15) is 0 Å². The molecule has 3 aromatic carbocycles. The molecule has 37 heavy (non-hydrogen) atoms. The van der Waals surface area contributed by atoms with E-state index in [2.05, 4.69) is 69.3 Å². The molecule has 0 atom stereocenters. The molecule has 0 unspecified atom stereocenters. The van der Waals surface area contributed by atoms with Gasteiger partial charge < -0.3 is 4.74 Å². The lowest BCUT2D eigenvalue weighted by Gasteiger charge is -2.30. The number of ether oxygens (including phenoxy) is 1. The largest absolute Gasteiger partial charge is 0.370 e. The van der Waals surface area contributed by atoms with Gasteiger partial charge in [0.15, 0.2) is 5.16 Å². The first-order valence-corrected chi connectivity index (χ1v) is 14.1. The van der Waals surface area contributed by atoms with Crippen LogP contribution in [-0.4, -0.2) is 15.2 Å². The maximum absolute atomic E-state index is 14.3. The van der Waals surface area contributed by atoms with Gasteiger partial charge in [-0.15, -0.1) is 11.3 Å². The van der Waals surface area contributed by atoms with Crippen molar-refractivity contribution < 1.29 is 4.74 Å². The van der Waals surface area contributed by atoms with Gasteiger partial charge in [-0.3, -0.25) is 9.36 Å². The minimum atomic E-state index is -0.304. The molecule has 0 saturated heterocycles. The third-order valence-corrected chi connectivity index (χ3v) is 9.16. The zero-order valence-electron chi connectivity index (χ0n) is 21.1. The average Bonchev–Trinajstić information content (AvgIpc) is 3.26. The summed E-state index contributed by atoms with van der Waals surface area (Å²) in [6, 6.07) is 29.0. The highest BCUT2D eigenvalue weighted by Crippen LogP contribution is 2.42. The van der Waals surface area contributed by atoms with E-state index in [-0.39, 0.29) is 16.4 Å². The predicted molar refractivity (Wildman–Crippen MR) is 153 cm³/mol. The van der Waals surface area contributed by atoms with E-state index in [9.17, 15) is 4.79 Å². The second kappa shape index (κ2) is 9.60. The summed E-state index contributed by atoms with van der Waals surface area (Å²) in [5.74, 6) is 0. The Labute approximate surface area is 225 Å². The molecule has 0 aliphatic carbocycles. The van der Waals surface area contributed by atoms with Gasteiger partial charge in [-0.25, -0.2) is 4.98 Å². The maximum Gasteiger partial charge on any atom is 0.267 e. The molecular weight excluding hydrogens is 496 g/mol. The first-order valence-electron chi connectivity index (χ1n) is 12.4. The molecule has 6 heteroatoms. The molecule has 6 rings (SSSR count). The third-order valence-electron chi connectivity index (χ3n) is 6.79. The summed E-state index contributed by atoms with van der Waals surface area (Å²) in [6.45, 7) is 6.74. The van der Waals surface area contributed by atoms with Gasteiger partial charge in [0.25, 0.3) is 5.56 Å². The summed E-state index contributed by atoms with van der Waals surface area (Å²) < 4.78 is 7.87. The topological polar surface area (TPSA) is 44.1 Å². The number of fused-ring (bicyclic) bond motifs is 3. The number of thiophene rings is 1. The number of benzene rings is 3. The summed E-state index contributed by atoms with van der Waals surface area (Å²) in [7, 11) is 0. The molecular formula is C31H28N2O2S2. The van der Waals surface area contributed by atoms with Crippen molar-refractivity contribution in [3.05, 3.63) is 122 Å². The standard InChI is InChI=1S/C31H28N2O2S2/c1-20-14-16-23(17-15-20)33-29(34)26-24-18-31(2,3)35-19-25(24)36-28(26)32-30(33)37-27(21-10-6-4-7-11-21)22-12-8-5-9-13-22/h4-17,27H,18-19H2,1-3H3. The van der Waals surface area contributed by atoms with Crippen LogP contribution in [0.1, 0.15) is 46.2 Å². The van der Waals surface area contributed by atoms with E-state index in [0.29, 0.717) is 18.2 Å². The molecule has 0 amide bonds. The molecule has 0 saturated carbocycles. The van der Waals surface area contributed by atoms with Crippen LogP contribution >= 0.6 is 23.1 Å². The Hall–Kier alpha value is -3.19. The Morgan fingerprint density at radius 2 is 1.57 bits per heavy atom. The van der Waals surface area contributed by atoms with Crippen molar-refractivity contribution in [1.82, 2.24) is 9.55 Å². The summed E-state index contributed by atoms with van der Waals surface area (Å²) >= 11 is 3.21. The zero-order chi connectivity index (χ0) is 25.6. The molecule has 1 aliphatic heterocycles. The minimum absolute atomic E-state index is 0.00794. The molecule has 0 radical (unpaired) electrons. The molecule has 1 aliphatic rings. The zero-order valence-corrected chi connectivity index (χ0v) is 22.7. The van der Waals surface area contributed by atoms with Crippen LogP contribution in [0.4, 0.5) is 0 Å². The first kappa shape index (κ1) is 24.2. The highest BCUT2D eigenvalue weighted by atomic mass is 32.2. The van der Waals surface area contributed by atoms with Crippen LogP contribution in [0.15, 0.2) is 94.9 Å². The van der Waals surface area contributed by atoms with Crippen LogP contribution in [0, 0.1) is 6.92 Å². The van der Waals surface area contributed by atoms with Crippen molar-refractivity contribution >= 4 is 33.3 Å². The predicted octanol–water partition coefficient (Wildman–Crippen LogP) is 7.49. The van der Waals surface area contributed by atoms with Crippen molar-refractivity contribution in [2.75, 3.05) is 0 Å². The monoisotopic (exact) mass is 524 g/mol. The number of hydrogen-bond donors (Lipinski definition) is 0. The molecule has 0 fully saturated rings. The van der Waals surface area contributed by atoms with Crippen molar-refractivity contribution in [3.63, 3.8) is 0 Å². The van der Waals surface area contributed by atoms with Crippen LogP contribution in [0.5, 0.6) is 0 Å². The summed E-state index contributed by atoms with van der Waals surface area (Å²) in [4.78, 5) is 21.4. The van der Waals surface area contributed by atoms with Crippen LogP contribution < -0.4 is 5.56 Å². The van der Waals surface area contributed by atoms with E-state index in [0.717, 1.165) is 31.9 Å². The summed E-state index contributed by atoms with van der Waals surface area (Å²) in [5.41, 5.74) is 5.10. The first-order chi connectivity index (χ1) is 17.9. The van der Waals surface area contributed by atoms with Crippen LogP contribution in [0.2, 0.25) is 0 Å². The third kappa shape index (κ3) is 4.65. The Morgan fingerprint density at radius 3 is 2.19 bits per heavy atom. The van der Waals surface area contributed by atoms with E-state index < -0.39 is 0 Å². The van der Waals surface area contributed by atoms with E-state index in [1.54, 1.807) is 27.7 Å². The quantitative estimate of drug-likeness (QED) is 0.176. The number of thioether (sulfide) groups is 1. The van der Waals surface area contributed by atoms with E-state index in [1.165, 1.54) is 11.1 Å². The Kier molecular flexibility index (Phi) is 6.27. The van der Waals surface area contributed by atoms with Crippen LogP contribution in [0.3, 0.4) is 0 Å². The van der Waals surface area contributed by atoms with E-state index in [4.69, 9.17) is 9.72 Å². The van der Waals surface area contributed by atoms with Crippen molar-refractivity contribution in [3.8, 4) is 5.69 Å². The minimum Gasteiger partial charge on any atom is -0.370 e. The molecule has 3 heterocycles. The van der Waals surface area contributed by atoms with Crippen molar-refractivity contribution in [2.45, 2.75) is 49.8 Å². The second-order valence-corrected chi connectivity index (χ2v) is 12.3. The fourth-order valence-electron chi connectivity index (χ4n) is 4.86. The van der Waals surface area contributed by atoms with Gasteiger partial charge in [-0.1, -0.05) is 90.1 Å². The van der Waals surface area contributed by atoms with Crippen molar-refractivity contribution in [2.24, 2.45) is 0 Å². The van der Waals surface area contributed by atoms with Gasteiger partial charge >= 0.3 is 0 Å². The normalized spacial score (nSPS) is 14.7. The molecule has 0 spiro atoms. The second-order valence-electron chi connectivity index (χ2n) is 10.1. The van der Waals surface area contributed by atoms with Crippen molar-refractivity contribution in [1.29, 1.82) is 0 Å². The molecule has 0 bridgehead atoms. The molecule has 186 valence electrons. The fourth-order valence-corrected chi connectivity index (χ4v) is 7.25. The molecule has 2 aromatic heterocycles. The fraction of sp³-hybridized carbons (Fsp3) is 0.226. The Bertz CT molecular complexity index is 1580. The summed E-state index contributed by atoms with van der Waals surface area (Å²) in [5, 5.41) is 1.41. The highest BCUT2D eigenvalue weighted by Gasteiger charge is 2.32. The van der Waals surface area contributed by atoms with Gasteiger partial charge in [0.05, 0.1) is 28.5 Å². The van der Waals surface area contributed by atoms with Crippen LogP contribution in [0.25, 0.3) is 15.9 Å². The SMILES string of the molecule is Cc1ccc(-n2c(SC(c3ccccc3)c3ccccc3)nc3sc4c(c3c2=O)CC(C)(C)OC4)cc1. The van der Waals surface area contributed by atoms with E-state index >= 15 is 0 Å². The van der Waals surface area contributed by atoms with Crippen LogP contribution in [-0.2, 0) is 17.8 Å². The number of hydrogen-bond acceptors (Lipinski definition) is 5. The lowest BCUT2D eigenvalue weighted by molar-refractivity contribution is -0.0379. The molecule has 4 nitrogen and oxygen atoms in total. The number of aryl methyl sites for hydroxylation is 1. The average molecular weight is 525 g/mol. The number of nitrogens with zero attached hydrogens (tertiary/aromatic N) is 2. The Morgan fingerprint density at radius 1 is 0.946 bits per heavy atom. The molecule has 0 N–H and O–H groups in total. The summed E-state index contributed by atoms with van der Waals surface area (Å²) in [6.07, 6.45) is 0.705. The van der Waals surface area contributed by atoms with Gasteiger partial charge in [0, 0.05) is 11.3 Å². The number of aromatic nitrogens is 2. The van der Waals surface area contributed by atoms with Gasteiger partial charge in [-0.05, 0) is 49.6 Å². The van der Waals surface area contributed by atoms with Gasteiger partial charge in [0.2, 0.25) is 0 Å². The molecule has 5 aromatic rings. The van der Waals surface area contributed by atoms with E-state index in [1.807, 2.05) is 36.4 Å². The lowest BCUT2D eigenvalue weighted by atomic mass is 9.94. The maximum atomic E-state index is 14.3. The Balaban J connectivity index is 1.58.